The third-order valence-electron chi connectivity index (χ3n) is 9.04. The zero-order valence-corrected chi connectivity index (χ0v) is 17.4. The number of furan rings is 1. The summed E-state index contributed by atoms with van der Waals surface area (Å²) in [5, 5.41) is 21.4. The molecule has 152 valence electrons. The van der Waals surface area contributed by atoms with Crippen LogP contribution >= 0.6 is 0 Å². The van der Waals surface area contributed by atoms with Gasteiger partial charge in [-0.2, -0.15) is 0 Å². The van der Waals surface area contributed by atoms with Crippen LogP contribution in [0.2, 0.25) is 0 Å². The van der Waals surface area contributed by atoms with Gasteiger partial charge in [0.1, 0.15) is 11.5 Å². The lowest BCUT2D eigenvalue weighted by atomic mass is 9.48. The number of hydrogen-bond donors (Lipinski definition) is 2. The van der Waals surface area contributed by atoms with Crippen molar-refractivity contribution in [3.8, 4) is 0 Å². The first-order valence-corrected chi connectivity index (χ1v) is 11.1. The number of allylic oxidation sites excluding steroid dienone is 1. The molecular formula is C25H34O3. The molecule has 28 heavy (non-hydrogen) atoms. The molecule has 4 aliphatic carbocycles. The minimum Gasteiger partial charge on any atom is -0.462 e. The van der Waals surface area contributed by atoms with Crippen LogP contribution in [-0.4, -0.2) is 22.4 Å². The number of aliphatic hydroxyl groups is 2. The van der Waals surface area contributed by atoms with Gasteiger partial charge in [0.05, 0.1) is 12.2 Å². The highest BCUT2D eigenvalue weighted by atomic mass is 16.3. The maximum Gasteiger partial charge on any atom is 0.127 e. The van der Waals surface area contributed by atoms with Gasteiger partial charge in [-0.05, 0) is 98.8 Å². The second-order valence-corrected chi connectivity index (χ2v) is 10.5. The van der Waals surface area contributed by atoms with Crippen LogP contribution in [0.5, 0.6) is 0 Å². The van der Waals surface area contributed by atoms with Crippen molar-refractivity contribution in [2.75, 3.05) is 0 Å². The van der Waals surface area contributed by atoms with Crippen molar-refractivity contribution < 1.29 is 14.6 Å². The molecule has 0 aliphatic heterocycles. The largest absolute Gasteiger partial charge is 0.462 e. The Morgan fingerprint density at radius 2 is 1.89 bits per heavy atom. The van der Waals surface area contributed by atoms with Gasteiger partial charge in [-0.15, -0.1) is 0 Å². The van der Waals surface area contributed by atoms with Gasteiger partial charge >= 0.3 is 0 Å². The van der Waals surface area contributed by atoms with Gasteiger partial charge in [0.15, 0.2) is 0 Å². The van der Waals surface area contributed by atoms with E-state index < -0.39 is 0 Å². The predicted molar refractivity (Wildman–Crippen MR) is 111 cm³/mol. The number of fused-ring (bicyclic) bond motifs is 5. The molecule has 4 aliphatic rings. The lowest BCUT2D eigenvalue weighted by Gasteiger charge is -2.57. The van der Waals surface area contributed by atoms with Gasteiger partial charge in [-0.25, -0.2) is 0 Å². The normalized spacial score (nSPS) is 46.7. The second kappa shape index (κ2) is 6.34. The molecule has 0 amide bonds. The van der Waals surface area contributed by atoms with Crippen molar-refractivity contribution in [2.45, 2.75) is 77.9 Å². The Morgan fingerprint density at radius 3 is 2.64 bits per heavy atom. The van der Waals surface area contributed by atoms with Crippen molar-refractivity contribution in [3.05, 3.63) is 40.9 Å². The summed E-state index contributed by atoms with van der Waals surface area (Å²) >= 11 is 0. The third kappa shape index (κ3) is 2.62. The summed E-state index contributed by atoms with van der Waals surface area (Å²) in [5.41, 5.74) is 2.89. The Balaban J connectivity index is 1.47. The molecular weight excluding hydrogens is 348 g/mol. The zero-order chi connectivity index (χ0) is 19.7. The van der Waals surface area contributed by atoms with Crippen molar-refractivity contribution in [1.29, 1.82) is 0 Å². The molecule has 0 saturated heterocycles. The Morgan fingerprint density at radius 1 is 1.07 bits per heavy atom. The summed E-state index contributed by atoms with van der Waals surface area (Å²) in [7, 11) is 0. The lowest BCUT2D eigenvalue weighted by molar-refractivity contribution is -0.0685. The van der Waals surface area contributed by atoms with Crippen LogP contribution in [0, 0.1) is 35.5 Å². The molecule has 3 fully saturated rings. The Labute approximate surface area is 168 Å². The van der Waals surface area contributed by atoms with E-state index in [2.05, 4.69) is 26.0 Å². The average molecular weight is 383 g/mol. The molecule has 5 rings (SSSR count). The van der Waals surface area contributed by atoms with Gasteiger partial charge < -0.3 is 14.6 Å². The van der Waals surface area contributed by atoms with E-state index in [1.165, 1.54) is 12.0 Å². The van der Waals surface area contributed by atoms with E-state index in [4.69, 9.17) is 4.42 Å². The molecule has 0 aromatic carbocycles. The highest BCUT2D eigenvalue weighted by Crippen LogP contribution is 2.65. The molecule has 0 spiro atoms. The Kier molecular flexibility index (Phi) is 4.23. The smallest absolute Gasteiger partial charge is 0.127 e. The first-order chi connectivity index (χ1) is 13.3. The highest BCUT2D eigenvalue weighted by Gasteiger charge is 2.59. The topological polar surface area (TPSA) is 53.6 Å². The molecule has 0 radical (unpaired) electrons. The predicted octanol–water partition coefficient (Wildman–Crippen LogP) is 5.27. The van der Waals surface area contributed by atoms with Gasteiger partial charge in [-0.1, -0.05) is 25.5 Å². The van der Waals surface area contributed by atoms with E-state index in [0.717, 1.165) is 55.6 Å². The van der Waals surface area contributed by atoms with Crippen molar-refractivity contribution in [2.24, 2.45) is 28.6 Å². The Bertz CT molecular complexity index is 833. The fourth-order valence-corrected chi connectivity index (χ4v) is 7.35. The SMILES string of the molecule is Cc1ccc(/C=C2\C[C@H]3[C@H]4CC=C5C[C@H](O)CC[C@]5(C)[C@@H]4CC[C@]3(C)[C@@H]2O)o1. The molecule has 2 N–H and O–H groups in total. The fourth-order valence-electron chi connectivity index (χ4n) is 7.35. The maximum atomic E-state index is 11.3. The summed E-state index contributed by atoms with van der Waals surface area (Å²) < 4.78 is 5.76. The average Bonchev–Trinajstić information content (AvgIpc) is 3.18. The third-order valence-corrected chi connectivity index (χ3v) is 9.04. The summed E-state index contributed by atoms with van der Waals surface area (Å²) in [4.78, 5) is 0. The highest BCUT2D eigenvalue weighted by molar-refractivity contribution is 5.51. The van der Waals surface area contributed by atoms with E-state index >= 15 is 0 Å². The molecule has 1 aromatic heterocycles. The molecule has 3 nitrogen and oxygen atoms in total. The van der Waals surface area contributed by atoms with E-state index in [1.807, 2.05) is 19.1 Å². The molecule has 1 aromatic rings. The number of rotatable bonds is 1. The van der Waals surface area contributed by atoms with Crippen molar-refractivity contribution in [1.82, 2.24) is 0 Å². The van der Waals surface area contributed by atoms with Crippen LogP contribution in [0.3, 0.4) is 0 Å². The molecule has 7 atom stereocenters. The standard InChI is InChI=1S/C25H34O3/c1-15-4-6-19(28-15)12-16-13-22-20-7-5-17-14-18(26)8-10-24(17,2)21(20)9-11-25(22,3)23(16)27/h4-6,12,18,20-23,26-27H,7-11,13-14H2,1-3H3/b16-12+/t18-,20+,21-,22+,23-,24+,25+/m1/s1. The van der Waals surface area contributed by atoms with Crippen LogP contribution < -0.4 is 0 Å². The van der Waals surface area contributed by atoms with Crippen LogP contribution in [0.4, 0.5) is 0 Å². The minimum atomic E-state index is -0.366. The van der Waals surface area contributed by atoms with Crippen molar-refractivity contribution >= 4 is 6.08 Å². The van der Waals surface area contributed by atoms with Crippen LogP contribution in [-0.2, 0) is 0 Å². The van der Waals surface area contributed by atoms with E-state index in [9.17, 15) is 10.2 Å². The molecule has 1 heterocycles. The number of aliphatic hydroxyl groups excluding tert-OH is 2. The monoisotopic (exact) mass is 382 g/mol. The van der Waals surface area contributed by atoms with Crippen LogP contribution in [0.1, 0.15) is 70.3 Å². The second-order valence-electron chi connectivity index (χ2n) is 10.5. The minimum absolute atomic E-state index is 0.0233. The van der Waals surface area contributed by atoms with E-state index in [-0.39, 0.29) is 23.0 Å². The van der Waals surface area contributed by atoms with Gasteiger partial charge in [0, 0.05) is 5.41 Å². The summed E-state index contributed by atoms with van der Waals surface area (Å²) in [6, 6.07) is 4.00. The maximum absolute atomic E-state index is 11.3. The van der Waals surface area contributed by atoms with Gasteiger partial charge in [-0.3, -0.25) is 0 Å². The number of hydrogen-bond acceptors (Lipinski definition) is 3. The van der Waals surface area contributed by atoms with Crippen molar-refractivity contribution in [3.63, 3.8) is 0 Å². The van der Waals surface area contributed by atoms with Crippen LogP contribution in [0.25, 0.3) is 6.08 Å². The van der Waals surface area contributed by atoms with Gasteiger partial charge in [0.2, 0.25) is 0 Å². The van der Waals surface area contributed by atoms with Crippen LogP contribution in [0.15, 0.2) is 33.8 Å². The zero-order valence-electron chi connectivity index (χ0n) is 17.4. The lowest BCUT2D eigenvalue weighted by Crippen LogP contribution is -2.51. The van der Waals surface area contributed by atoms with Gasteiger partial charge in [0.25, 0.3) is 0 Å². The molecule has 0 unspecified atom stereocenters. The first-order valence-electron chi connectivity index (χ1n) is 11.1. The quantitative estimate of drug-likeness (QED) is 0.651. The molecule has 3 heteroatoms. The van der Waals surface area contributed by atoms with E-state index in [1.54, 1.807) is 0 Å². The first kappa shape index (κ1) is 18.7. The fraction of sp³-hybridized carbons (Fsp3) is 0.680. The summed E-state index contributed by atoms with van der Waals surface area (Å²) in [5.74, 6) is 3.65. The Hall–Kier alpha value is -1.32. The van der Waals surface area contributed by atoms with E-state index in [0.29, 0.717) is 17.8 Å². The molecule has 0 bridgehead atoms. The molecule has 3 saturated carbocycles. The number of aryl methyl sites for hydroxylation is 1. The summed E-state index contributed by atoms with van der Waals surface area (Å²) in [6.45, 7) is 6.74. The summed E-state index contributed by atoms with van der Waals surface area (Å²) in [6.07, 6.45) is 11.4.